The second-order valence-electron chi connectivity index (χ2n) is 8.27. The Labute approximate surface area is 182 Å². The summed E-state index contributed by atoms with van der Waals surface area (Å²) in [4.78, 5) is 0. The van der Waals surface area contributed by atoms with Gasteiger partial charge in [-0.1, -0.05) is 74.0 Å². The molecule has 1 fully saturated rings. The zero-order chi connectivity index (χ0) is 20.5. The summed E-state index contributed by atoms with van der Waals surface area (Å²) < 4.78 is 2.13. The van der Waals surface area contributed by atoms with E-state index in [9.17, 15) is 0 Å². The van der Waals surface area contributed by atoms with Crippen molar-refractivity contribution in [2.24, 2.45) is 11.0 Å². The summed E-state index contributed by atoms with van der Waals surface area (Å²) in [6.45, 7) is 2.84. The zero-order valence-electron chi connectivity index (χ0n) is 17.3. The first-order chi connectivity index (χ1) is 14.7. The molecular weight excluding hydrogens is 394 g/mol. The Morgan fingerprint density at radius 2 is 1.73 bits per heavy atom. The number of hydrazone groups is 1. The molecule has 30 heavy (non-hydrogen) atoms. The Morgan fingerprint density at radius 1 is 0.967 bits per heavy atom. The number of benzene rings is 2. The van der Waals surface area contributed by atoms with Crippen molar-refractivity contribution in [1.82, 2.24) is 14.8 Å². The van der Waals surface area contributed by atoms with Gasteiger partial charge in [0.1, 0.15) is 11.5 Å². The molecule has 2 aliphatic rings. The largest absolute Gasteiger partial charge is 0.263 e. The molecular formula is C24H26ClN5. The minimum absolute atomic E-state index is 0.725. The van der Waals surface area contributed by atoms with E-state index in [1.807, 2.05) is 31.2 Å². The van der Waals surface area contributed by atoms with Crippen LogP contribution >= 0.6 is 11.6 Å². The molecule has 0 bridgehead atoms. The third kappa shape index (κ3) is 3.63. The monoisotopic (exact) mass is 419 g/mol. The van der Waals surface area contributed by atoms with Gasteiger partial charge in [0, 0.05) is 22.7 Å². The van der Waals surface area contributed by atoms with Gasteiger partial charge in [-0.25, -0.2) is 5.01 Å². The van der Waals surface area contributed by atoms with Gasteiger partial charge >= 0.3 is 0 Å². The van der Waals surface area contributed by atoms with Crippen LogP contribution in [0.5, 0.6) is 0 Å². The fraction of sp³-hybridized carbons (Fsp3) is 0.375. The van der Waals surface area contributed by atoms with Crippen LogP contribution in [0.4, 0.5) is 5.95 Å². The van der Waals surface area contributed by atoms with E-state index in [1.54, 1.807) is 0 Å². The minimum Gasteiger partial charge on any atom is -0.263 e. The molecule has 1 aromatic heterocycles. The highest BCUT2D eigenvalue weighted by molar-refractivity contribution is 6.30. The topological polar surface area (TPSA) is 46.3 Å². The number of aryl methyl sites for hydroxylation is 1. The van der Waals surface area contributed by atoms with Crippen molar-refractivity contribution in [3.8, 4) is 5.69 Å². The Morgan fingerprint density at radius 3 is 2.53 bits per heavy atom. The lowest BCUT2D eigenvalue weighted by Crippen LogP contribution is -2.24. The van der Waals surface area contributed by atoms with Crippen molar-refractivity contribution in [2.75, 3.05) is 11.6 Å². The molecule has 0 saturated heterocycles. The Hall–Kier alpha value is -2.66. The van der Waals surface area contributed by atoms with Gasteiger partial charge < -0.3 is 0 Å². The first-order valence-electron chi connectivity index (χ1n) is 10.8. The van der Waals surface area contributed by atoms with Gasteiger partial charge in [0.05, 0.1) is 5.69 Å². The number of halogens is 1. The maximum absolute atomic E-state index is 6.15. The van der Waals surface area contributed by atoms with E-state index in [0.29, 0.717) is 0 Å². The molecule has 1 aliphatic heterocycles. The molecule has 0 radical (unpaired) electrons. The van der Waals surface area contributed by atoms with Gasteiger partial charge in [0.2, 0.25) is 0 Å². The summed E-state index contributed by atoms with van der Waals surface area (Å²) in [5, 5.41) is 16.8. The van der Waals surface area contributed by atoms with E-state index in [0.717, 1.165) is 58.2 Å². The molecule has 1 saturated carbocycles. The maximum Gasteiger partial charge on any atom is 0.252 e. The molecule has 1 aliphatic carbocycles. The number of aromatic nitrogens is 3. The van der Waals surface area contributed by atoms with Crippen molar-refractivity contribution >= 4 is 23.3 Å². The molecule has 3 aromatic rings. The van der Waals surface area contributed by atoms with E-state index < -0.39 is 0 Å². The van der Waals surface area contributed by atoms with Crippen LogP contribution in [0.15, 0.2) is 53.6 Å². The Bertz CT molecular complexity index is 1060. The first-order valence-corrected chi connectivity index (χ1v) is 11.2. The smallest absolute Gasteiger partial charge is 0.252 e. The van der Waals surface area contributed by atoms with Crippen molar-refractivity contribution in [2.45, 2.75) is 45.4 Å². The van der Waals surface area contributed by atoms with Crippen molar-refractivity contribution in [3.63, 3.8) is 0 Å². The SMILES string of the molecule is Cc1nnc2n1-c1ccccc1C(c1ccc(Cl)cc1)=NN2CCC1CCCCC1. The molecule has 0 amide bonds. The zero-order valence-corrected chi connectivity index (χ0v) is 18.0. The second-order valence-corrected chi connectivity index (χ2v) is 8.71. The summed E-state index contributed by atoms with van der Waals surface area (Å²) in [6.07, 6.45) is 7.86. The summed E-state index contributed by atoms with van der Waals surface area (Å²) in [5.41, 5.74) is 4.12. The molecule has 6 heteroatoms. The number of fused-ring (bicyclic) bond motifs is 3. The lowest BCUT2D eigenvalue weighted by atomic mass is 9.87. The second kappa shape index (κ2) is 8.23. The van der Waals surface area contributed by atoms with E-state index in [2.05, 4.69) is 44.0 Å². The van der Waals surface area contributed by atoms with Gasteiger partial charge in [0.15, 0.2) is 0 Å². The van der Waals surface area contributed by atoms with Crippen LogP contribution in [0.2, 0.25) is 5.02 Å². The predicted octanol–water partition coefficient (Wildman–Crippen LogP) is 5.77. The Kier molecular flexibility index (Phi) is 5.30. The maximum atomic E-state index is 6.15. The molecule has 2 aromatic carbocycles. The summed E-state index contributed by atoms with van der Waals surface area (Å²) in [7, 11) is 0. The van der Waals surface area contributed by atoms with Crippen LogP contribution in [-0.4, -0.2) is 27.0 Å². The Balaban J connectivity index is 1.59. The number of nitrogens with zero attached hydrogens (tertiary/aromatic N) is 5. The van der Waals surface area contributed by atoms with Crippen LogP contribution in [0.1, 0.15) is 55.5 Å². The van der Waals surface area contributed by atoms with Gasteiger partial charge in [-0.2, -0.15) is 5.10 Å². The normalized spacial score (nSPS) is 16.6. The van der Waals surface area contributed by atoms with E-state index in [1.165, 1.54) is 32.1 Å². The quantitative estimate of drug-likeness (QED) is 0.539. The highest BCUT2D eigenvalue weighted by Crippen LogP contribution is 2.32. The minimum atomic E-state index is 0.725. The number of hydrogen-bond donors (Lipinski definition) is 0. The average molecular weight is 420 g/mol. The van der Waals surface area contributed by atoms with Gasteiger partial charge in [0.25, 0.3) is 5.95 Å². The third-order valence-electron chi connectivity index (χ3n) is 6.25. The molecule has 5 rings (SSSR count). The van der Waals surface area contributed by atoms with Gasteiger partial charge in [-0.3, -0.25) is 4.57 Å². The molecule has 0 N–H and O–H groups in total. The number of rotatable bonds is 4. The number of para-hydroxylation sites is 1. The molecule has 0 spiro atoms. The highest BCUT2D eigenvalue weighted by Gasteiger charge is 2.27. The molecule has 5 nitrogen and oxygen atoms in total. The first kappa shape index (κ1) is 19.3. The fourth-order valence-electron chi connectivity index (χ4n) is 4.64. The standard InChI is InChI=1S/C24H26ClN5/c1-17-26-27-24-29(16-15-18-7-3-2-4-8-18)28-23(19-11-13-20(25)14-12-19)21-9-5-6-10-22(21)30(17)24/h5-6,9-14,18H,2-4,7-8,15-16H2,1H3. The fourth-order valence-corrected chi connectivity index (χ4v) is 4.77. The van der Waals surface area contributed by atoms with E-state index in [-0.39, 0.29) is 0 Å². The third-order valence-corrected chi connectivity index (χ3v) is 6.50. The number of anilines is 1. The highest BCUT2D eigenvalue weighted by atomic mass is 35.5. The predicted molar refractivity (Wildman–Crippen MR) is 122 cm³/mol. The lowest BCUT2D eigenvalue weighted by molar-refractivity contribution is 0.340. The van der Waals surface area contributed by atoms with Gasteiger partial charge in [-0.15, -0.1) is 10.2 Å². The lowest BCUT2D eigenvalue weighted by Gasteiger charge is -2.24. The molecule has 154 valence electrons. The molecule has 0 atom stereocenters. The molecule has 2 heterocycles. The van der Waals surface area contributed by atoms with Crippen LogP contribution in [0.25, 0.3) is 5.69 Å². The van der Waals surface area contributed by atoms with E-state index in [4.69, 9.17) is 16.7 Å². The van der Waals surface area contributed by atoms with Crippen molar-refractivity contribution in [3.05, 3.63) is 70.5 Å². The van der Waals surface area contributed by atoms with Crippen molar-refractivity contribution in [1.29, 1.82) is 0 Å². The van der Waals surface area contributed by atoms with Crippen LogP contribution < -0.4 is 5.01 Å². The van der Waals surface area contributed by atoms with E-state index >= 15 is 0 Å². The summed E-state index contributed by atoms with van der Waals surface area (Å²) >= 11 is 6.15. The van der Waals surface area contributed by atoms with Gasteiger partial charge in [-0.05, 0) is 37.5 Å². The van der Waals surface area contributed by atoms with Crippen LogP contribution in [-0.2, 0) is 0 Å². The average Bonchev–Trinajstić information content (AvgIpc) is 3.10. The van der Waals surface area contributed by atoms with Crippen LogP contribution in [0, 0.1) is 12.8 Å². The van der Waals surface area contributed by atoms with Crippen molar-refractivity contribution < 1.29 is 0 Å². The number of hydrogen-bond acceptors (Lipinski definition) is 4. The summed E-state index contributed by atoms with van der Waals surface area (Å²) in [5.74, 6) is 2.43. The van der Waals surface area contributed by atoms with Crippen LogP contribution in [0.3, 0.4) is 0 Å². The molecule has 0 unspecified atom stereocenters. The summed E-state index contributed by atoms with van der Waals surface area (Å²) in [6, 6.07) is 16.3.